The molecule has 1 unspecified atom stereocenters. The summed E-state index contributed by atoms with van der Waals surface area (Å²) in [5.74, 6) is 2.81. The van der Waals surface area contributed by atoms with Gasteiger partial charge in [0.05, 0.1) is 5.92 Å². The van der Waals surface area contributed by atoms with Gasteiger partial charge in [-0.2, -0.15) is 0 Å². The van der Waals surface area contributed by atoms with Crippen LogP contribution in [0, 0.1) is 35.5 Å². The minimum atomic E-state index is -0.242. The van der Waals surface area contributed by atoms with Crippen molar-refractivity contribution < 1.29 is 9.53 Å². The molecule has 0 radical (unpaired) electrons. The van der Waals surface area contributed by atoms with E-state index >= 15 is 0 Å². The highest BCUT2D eigenvalue weighted by Crippen LogP contribution is 2.57. The number of rotatable bonds is 4. The molecule has 21 heavy (non-hydrogen) atoms. The molecule has 3 aliphatic rings. The van der Waals surface area contributed by atoms with Crippen LogP contribution in [0.3, 0.4) is 0 Å². The Morgan fingerprint density at radius 2 is 2.14 bits per heavy atom. The SMILES string of the molecule is CCCC[C@@H](C)[C@@H]1[C@@H]2C=C[C@@H]3C(CC[C@H]3C)[C@]1(C)OC2=O. The maximum absolute atomic E-state index is 12.4. The lowest BCUT2D eigenvalue weighted by Crippen LogP contribution is -2.45. The van der Waals surface area contributed by atoms with Gasteiger partial charge in [0.15, 0.2) is 0 Å². The Labute approximate surface area is 129 Å². The average molecular weight is 290 g/mol. The third-order valence-corrected chi connectivity index (χ3v) is 6.60. The van der Waals surface area contributed by atoms with Crippen LogP contribution in [0.4, 0.5) is 0 Å². The monoisotopic (exact) mass is 290 g/mol. The molecule has 0 spiro atoms. The smallest absolute Gasteiger partial charge is 0.313 e. The average Bonchev–Trinajstić information content (AvgIpc) is 2.87. The summed E-state index contributed by atoms with van der Waals surface area (Å²) in [6.07, 6.45) is 10.7. The number of ether oxygens (including phenoxy) is 1. The molecule has 2 fully saturated rings. The van der Waals surface area contributed by atoms with Gasteiger partial charge in [-0.05, 0) is 37.5 Å². The predicted octanol–water partition coefficient (Wildman–Crippen LogP) is 4.59. The van der Waals surface area contributed by atoms with Crippen molar-refractivity contribution in [1.29, 1.82) is 0 Å². The van der Waals surface area contributed by atoms with Gasteiger partial charge in [0.1, 0.15) is 5.60 Å². The van der Waals surface area contributed by atoms with Crippen molar-refractivity contribution in [2.75, 3.05) is 0 Å². The zero-order valence-electron chi connectivity index (χ0n) is 14.0. The van der Waals surface area contributed by atoms with Crippen LogP contribution in [0.2, 0.25) is 0 Å². The molecule has 0 aromatic rings. The Kier molecular flexibility index (Phi) is 3.92. The quantitative estimate of drug-likeness (QED) is 0.559. The van der Waals surface area contributed by atoms with Gasteiger partial charge in [-0.25, -0.2) is 0 Å². The molecule has 1 saturated heterocycles. The second-order valence-electron chi connectivity index (χ2n) is 7.90. The first kappa shape index (κ1) is 15.1. The molecule has 118 valence electrons. The van der Waals surface area contributed by atoms with E-state index in [0.717, 1.165) is 5.92 Å². The molecule has 2 nitrogen and oxygen atoms in total. The highest BCUT2D eigenvalue weighted by Gasteiger charge is 2.61. The van der Waals surface area contributed by atoms with E-state index in [2.05, 4.69) is 39.8 Å². The van der Waals surface area contributed by atoms with E-state index in [1.807, 2.05) is 0 Å². The molecule has 2 aliphatic carbocycles. The molecular formula is C19H30O2. The Hall–Kier alpha value is -0.790. The molecule has 0 aromatic heterocycles. The Bertz CT molecular complexity index is 441. The van der Waals surface area contributed by atoms with E-state index in [1.165, 1.54) is 32.1 Å². The van der Waals surface area contributed by atoms with Crippen LogP contribution in [0.1, 0.15) is 59.8 Å². The first-order valence-corrected chi connectivity index (χ1v) is 8.90. The van der Waals surface area contributed by atoms with Crippen molar-refractivity contribution in [3.05, 3.63) is 12.2 Å². The summed E-state index contributed by atoms with van der Waals surface area (Å²) in [5, 5.41) is 0. The first-order valence-electron chi connectivity index (χ1n) is 8.90. The highest BCUT2D eigenvalue weighted by molar-refractivity contribution is 5.78. The lowest BCUT2D eigenvalue weighted by atomic mass is 9.67. The minimum absolute atomic E-state index is 0.000318. The predicted molar refractivity (Wildman–Crippen MR) is 84.7 cm³/mol. The van der Waals surface area contributed by atoms with Gasteiger partial charge in [0.2, 0.25) is 0 Å². The Balaban J connectivity index is 1.93. The van der Waals surface area contributed by atoms with Crippen LogP contribution >= 0.6 is 0 Å². The summed E-state index contributed by atoms with van der Waals surface area (Å²) in [6.45, 7) is 9.17. The Morgan fingerprint density at radius 1 is 1.38 bits per heavy atom. The van der Waals surface area contributed by atoms with Crippen LogP contribution in [0.15, 0.2) is 12.2 Å². The molecule has 7 atom stereocenters. The second-order valence-corrected chi connectivity index (χ2v) is 7.90. The molecule has 0 amide bonds. The maximum Gasteiger partial charge on any atom is 0.313 e. The van der Waals surface area contributed by atoms with Gasteiger partial charge in [-0.1, -0.05) is 52.2 Å². The maximum atomic E-state index is 12.4. The Morgan fingerprint density at radius 3 is 2.86 bits per heavy atom. The highest BCUT2D eigenvalue weighted by atomic mass is 16.6. The van der Waals surface area contributed by atoms with Gasteiger partial charge < -0.3 is 4.74 Å². The second kappa shape index (κ2) is 5.44. The largest absolute Gasteiger partial charge is 0.458 e. The molecule has 1 heterocycles. The van der Waals surface area contributed by atoms with Crippen molar-refractivity contribution in [1.82, 2.24) is 0 Å². The van der Waals surface area contributed by atoms with Crippen molar-refractivity contribution >= 4 is 5.97 Å². The van der Waals surface area contributed by atoms with Gasteiger partial charge in [0, 0.05) is 11.8 Å². The summed E-state index contributed by atoms with van der Waals surface area (Å²) < 4.78 is 6.04. The molecule has 2 heteroatoms. The fourth-order valence-corrected chi connectivity index (χ4v) is 5.47. The lowest BCUT2D eigenvalue weighted by Gasteiger charge is -2.40. The third kappa shape index (κ3) is 2.26. The number of fused-ring (bicyclic) bond motifs is 4. The van der Waals surface area contributed by atoms with Crippen LogP contribution in [-0.2, 0) is 9.53 Å². The number of hydrogen-bond acceptors (Lipinski definition) is 2. The summed E-state index contributed by atoms with van der Waals surface area (Å²) >= 11 is 0. The molecule has 0 N–H and O–H groups in total. The number of unbranched alkanes of at least 4 members (excludes halogenated alkanes) is 1. The van der Waals surface area contributed by atoms with Crippen molar-refractivity contribution in [2.24, 2.45) is 35.5 Å². The summed E-state index contributed by atoms with van der Waals surface area (Å²) in [4.78, 5) is 12.4. The number of allylic oxidation sites excluding steroid dienone is 1. The van der Waals surface area contributed by atoms with E-state index in [1.54, 1.807) is 0 Å². The van der Waals surface area contributed by atoms with E-state index in [4.69, 9.17) is 4.74 Å². The summed E-state index contributed by atoms with van der Waals surface area (Å²) in [5.41, 5.74) is -0.242. The molecule has 2 bridgehead atoms. The molecule has 1 saturated carbocycles. The van der Waals surface area contributed by atoms with Crippen LogP contribution in [0.25, 0.3) is 0 Å². The van der Waals surface area contributed by atoms with E-state index < -0.39 is 0 Å². The summed E-state index contributed by atoms with van der Waals surface area (Å²) in [7, 11) is 0. The fourth-order valence-electron chi connectivity index (χ4n) is 5.47. The van der Waals surface area contributed by atoms with Gasteiger partial charge in [-0.15, -0.1) is 0 Å². The third-order valence-electron chi connectivity index (χ3n) is 6.60. The van der Waals surface area contributed by atoms with E-state index in [-0.39, 0.29) is 17.5 Å². The fraction of sp³-hybridized carbons (Fsp3) is 0.842. The van der Waals surface area contributed by atoms with Crippen molar-refractivity contribution in [3.8, 4) is 0 Å². The number of carbonyl (C=O) groups excluding carboxylic acids is 1. The molecule has 3 rings (SSSR count). The normalized spacial score (nSPS) is 46.1. The van der Waals surface area contributed by atoms with Gasteiger partial charge in [0.25, 0.3) is 0 Å². The van der Waals surface area contributed by atoms with Crippen molar-refractivity contribution in [3.63, 3.8) is 0 Å². The van der Waals surface area contributed by atoms with Gasteiger partial charge in [-0.3, -0.25) is 4.79 Å². The van der Waals surface area contributed by atoms with Crippen LogP contribution in [0.5, 0.6) is 0 Å². The van der Waals surface area contributed by atoms with E-state index in [9.17, 15) is 4.79 Å². The molecule has 1 aliphatic heterocycles. The zero-order valence-corrected chi connectivity index (χ0v) is 14.0. The minimum Gasteiger partial charge on any atom is -0.458 e. The molecule has 0 aromatic carbocycles. The zero-order chi connectivity index (χ0) is 15.2. The topological polar surface area (TPSA) is 26.3 Å². The van der Waals surface area contributed by atoms with Gasteiger partial charge >= 0.3 is 5.97 Å². The first-order chi connectivity index (χ1) is 9.99. The number of hydrogen-bond donors (Lipinski definition) is 0. The van der Waals surface area contributed by atoms with Crippen LogP contribution < -0.4 is 0 Å². The lowest BCUT2D eigenvalue weighted by molar-refractivity contribution is -0.155. The number of carbonyl (C=O) groups is 1. The van der Waals surface area contributed by atoms with E-state index in [0.29, 0.717) is 23.7 Å². The van der Waals surface area contributed by atoms with Crippen LogP contribution in [-0.4, -0.2) is 11.6 Å². The van der Waals surface area contributed by atoms with Crippen molar-refractivity contribution in [2.45, 2.75) is 65.4 Å². The number of esters is 1. The summed E-state index contributed by atoms with van der Waals surface area (Å²) in [6, 6.07) is 0. The standard InChI is InChI=1S/C19H30O2/c1-5-6-7-13(3)17-15-10-9-14-12(2)8-11-16(14)19(17,4)21-18(15)20/h9-10,12-17H,5-8,11H2,1-4H3/t12-,13-,14+,15+,16?,17-,19+/m1/s1. The molecular weight excluding hydrogens is 260 g/mol.